The Kier molecular flexibility index (Phi) is 3.57. The quantitative estimate of drug-likeness (QED) is 0.445. The Morgan fingerprint density at radius 2 is 2.11 bits per heavy atom. The predicted molar refractivity (Wildman–Crippen MR) is 40.4 cm³/mol. The minimum atomic E-state index is -1.82. The molecule has 0 spiro atoms. The van der Waals surface area contributed by atoms with Crippen molar-refractivity contribution < 1.29 is 8.85 Å². The van der Waals surface area contributed by atoms with Gasteiger partial charge in [-0.15, -0.1) is 0 Å². The molecule has 0 aliphatic heterocycles. The van der Waals surface area contributed by atoms with E-state index >= 15 is 0 Å². The molecule has 0 atom stereocenters. The molecule has 0 aromatic heterocycles. The van der Waals surface area contributed by atoms with Gasteiger partial charge < -0.3 is 8.85 Å². The summed E-state index contributed by atoms with van der Waals surface area (Å²) in [5.74, 6) is 0. The van der Waals surface area contributed by atoms with Gasteiger partial charge in [0.05, 0.1) is 6.26 Å². The molecule has 0 heterocycles. The van der Waals surface area contributed by atoms with E-state index < -0.39 is 8.56 Å². The van der Waals surface area contributed by atoms with E-state index in [1.54, 1.807) is 0 Å². The van der Waals surface area contributed by atoms with Crippen LogP contribution >= 0.6 is 0 Å². The summed E-state index contributed by atoms with van der Waals surface area (Å²) in [6.07, 6.45) is 1.45. The fourth-order valence-electron chi connectivity index (χ4n) is 0.582. The third-order valence-corrected chi connectivity index (χ3v) is 2.58. The fourth-order valence-corrected chi connectivity index (χ4v) is 1.75. The standard InChI is InChI=1S/C6H14O2Si/c1-5-7-9(3,4)8-6-2/h5H,1,6H2,2-4H3. The molecule has 2 nitrogen and oxygen atoms in total. The van der Waals surface area contributed by atoms with E-state index in [1.165, 1.54) is 6.26 Å². The molecular formula is C6H14O2Si. The van der Waals surface area contributed by atoms with Gasteiger partial charge >= 0.3 is 8.56 Å². The van der Waals surface area contributed by atoms with E-state index in [2.05, 4.69) is 6.58 Å². The third kappa shape index (κ3) is 4.24. The van der Waals surface area contributed by atoms with Gasteiger partial charge in [-0.3, -0.25) is 0 Å². The van der Waals surface area contributed by atoms with Gasteiger partial charge in [0.25, 0.3) is 0 Å². The molecule has 3 heteroatoms. The molecule has 0 aliphatic rings. The van der Waals surface area contributed by atoms with Gasteiger partial charge in [0, 0.05) is 6.61 Å². The van der Waals surface area contributed by atoms with Gasteiger partial charge in [-0.05, 0) is 20.0 Å². The van der Waals surface area contributed by atoms with Crippen LogP contribution in [0.2, 0.25) is 13.1 Å². The number of rotatable bonds is 4. The summed E-state index contributed by atoms with van der Waals surface area (Å²) >= 11 is 0. The Labute approximate surface area is 57.7 Å². The summed E-state index contributed by atoms with van der Waals surface area (Å²) < 4.78 is 10.5. The normalized spacial score (nSPS) is 11.0. The maximum Gasteiger partial charge on any atom is 0.391 e. The molecule has 0 aromatic carbocycles. The van der Waals surface area contributed by atoms with E-state index in [0.717, 1.165) is 0 Å². The first kappa shape index (κ1) is 8.72. The first-order valence-corrected chi connectivity index (χ1v) is 5.86. The lowest BCUT2D eigenvalue weighted by atomic mass is 10.9. The maximum absolute atomic E-state index is 5.32. The molecule has 0 unspecified atom stereocenters. The minimum Gasteiger partial charge on any atom is -0.527 e. The van der Waals surface area contributed by atoms with Crippen LogP contribution in [0.3, 0.4) is 0 Å². The Bertz CT molecular complexity index is 91.1. The molecule has 9 heavy (non-hydrogen) atoms. The second kappa shape index (κ2) is 3.69. The van der Waals surface area contributed by atoms with Crippen molar-refractivity contribution >= 4 is 8.56 Å². The number of hydrogen-bond donors (Lipinski definition) is 0. The van der Waals surface area contributed by atoms with Crippen LogP contribution in [0.4, 0.5) is 0 Å². The highest BCUT2D eigenvalue weighted by molar-refractivity contribution is 6.64. The third-order valence-electron chi connectivity index (χ3n) is 0.859. The van der Waals surface area contributed by atoms with Crippen molar-refractivity contribution in [3.63, 3.8) is 0 Å². The second-order valence-electron chi connectivity index (χ2n) is 2.12. The average Bonchev–Trinajstić information content (AvgIpc) is 1.64. The van der Waals surface area contributed by atoms with Crippen LogP contribution in [0.15, 0.2) is 12.8 Å². The molecule has 0 N–H and O–H groups in total. The molecule has 0 rings (SSSR count). The van der Waals surface area contributed by atoms with Crippen molar-refractivity contribution in [2.45, 2.75) is 20.0 Å². The molecule has 0 fully saturated rings. The summed E-state index contributed by atoms with van der Waals surface area (Å²) in [5.41, 5.74) is 0. The van der Waals surface area contributed by atoms with E-state index in [4.69, 9.17) is 8.85 Å². The van der Waals surface area contributed by atoms with Gasteiger partial charge in [0.15, 0.2) is 0 Å². The molecular weight excluding hydrogens is 132 g/mol. The largest absolute Gasteiger partial charge is 0.527 e. The van der Waals surface area contributed by atoms with Crippen molar-refractivity contribution in [3.8, 4) is 0 Å². The zero-order valence-corrected chi connectivity index (χ0v) is 7.31. The average molecular weight is 146 g/mol. The predicted octanol–water partition coefficient (Wildman–Crippen LogP) is 1.88. The van der Waals surface area contributed by atoms with E-state index in [-0.39, 0.29) is 0 Å². The first-order valence-electron chi connectivity index (χ1n) is 3.05. The van der Waals surface area contributed by atoms with Crippen LogP contribution in [-0.2, 0) is 8.85 Å². The highest BCUT2D eigenvalue weighted by atomic mass is 28.4. The highest BCUT2D eigenvalue weighted by Crippen LogP contribution is 2.04. The van der Waals surface area contributed by atoms with Gasteiger partial charge in [0.1, 0.15) is 0 Å². The summed E-state index contributed by atoms with van der Waals surface area (Å²) in [6, 6.07) is 0. The lowest BCUT2D eigenvalue weighted by molar-refractivity contribution is 0.243. The molecule has 0 aliphatic carbocycles. The SMILES string of the molecule is C=CO[Si](C)(C)OCC. The van der Waals surface area contributed by atoms with E-state index in [9.17, 15) is 0 Å². The Morgan fingerprint density at radius 3 is 2.44 bits per heavy atom. The lowest BCUT2D eigenvalue weighted by Crippen LogP contribution is -2.32. The lowest BCUT2D eigenvalue weighted by Gasteiger charge is -2.19. The summed E-state index contributed by atoms with van der Waals surface area (Å²) in [6.45, 7) is 10.1. The highest BCUT2D eigenvalue weighted by Gasteiger charge is 2.23. The zero-order valence-electron chi connectivity index (χ0n) is 6.31. The van der Waals surface area contributed by atoms with E-state index in [0.29, 0.717) is 6.61 Å². The van der Waals surface area contributed by atoms with Gasteiger partial charge in [-0.2, -0.15) is 0 Å². The molecule has 54 valence electrons. The van der Waals surface area contributed by atoms with Crippen molar-refractivity contribution in [1.82, 2.24) is 0 Å². The van der Waals surface area contributed by atoms with Crippen LogP contribution in [0, 0.1) is 0 Å². The Balaban J connectivity index is 3.55. The maximum atomic E-state index is 5.32. The van der Waals surface area contributed by atoms with Crippen molar-refractivity contribution in [1.29, 1.82) is 0 Å². The Hall–Kier alpha value is -0.283. The monoisotopic (exact) mass is 146 g/mol. The Morgan fingerprint density at radius 1 is 1.56 bits per heavy atom. The molecule has 0 saturated carbocycles. The van der Waals surface area contributed by atoms with Crippen LogP contribution in [0.1, 0.15) is 6.92 Å². The van der Waals surface area contributed by atoms with Crippen molar-refractivity contribution in [2.24, 2.45) is 0 Å². The van der Waals surface area contributed by atoms with Crippen molar-refractivity contribution in [2.75, 3.05) is 6.61 Å². The van der Waals surface area contributed by atoms with Crippen LogP contribution in [0.5, 0.6) is 0 Å². The molecule has 0 aromatic rings. The molecule has 0 radical (unpaired) electrons. The van der Waals surface area contributed by atoms with Gasteiger partial charge in [0.2, 0.25) is 0 Å². The minimum absolute atomic E-state index is 0.715. The van der Waals surface area contributed by atoms with Crippen LogP contribution in [-0.4, -0.2) is 15.2 Å². The summed E-state index contributed by atoms with van der Waals surface area (Å²) in [5, 5.41) is 0. The first-order chi connectivity index (χ1) is 4.12. The van der Waals surface area contributed by atoms with Gasteiger partial charge in [-0.25, -0.2) is 0 Å². The van der Waals surface area contributed by atoms with Gasteiger partial charge in [-0.1, -0.05) is 6.58 Å². The fraction of sp³-hybridized carbons (Fsp3) is 0.667. The zero-order chi connectivity index (χ0) is 7.33. The smallest absolute Gasteiger partial charge is 0.391 e. The van der Waals surface area contributed by atoms with Crippen LogP contribution < -0.4 is 0 Å². The van der Waals surface area contributed by atoms with E-state index in [1.807, 2.05) is 20.0 Å². The molecule has 0 bridgehead atoms. The number of hydrogen-bond acceptors (Lipinski definition) is 2. The molecule has 0 saturated heterocycles. The topological polar surface area (TPSA) is 18.5 Å². The van der Waals surface area contributed by atoms with Crippen molar-refractivity contribution in [3.05, 3.63) is 12.8 Å². The second-order valence-corrected chi connectivity index (χ2v) is 5.44. The summed E-state index contributed by atoms with van der Waals surface area (Å²) in [7, 11) is -1.82. The molecule has 0 amide bonds. The van der Waals surface area contributed by atoms with Crippen LogP contribution in [0.25, 0.3) is 0 Å². The summed E-state index contributed by atoms with van der Waals surface area (Å²) in [4.78, 5) is 0.